The molecule has 0 fully saturated rings. The van der Waals surface area contributed by atoms with Crippen LogP contribution in [-0.2, 0) is 0 Å². The Morgan fingerprint density at radius 3 is 2.43 bits per heavy atom. The highest BCUT2D eigenvalue weighted by Gasteiger charge is 2.14. The molecule has 0 saturated carbocycles. The fourth-order valence-electron chi connectivity index (χ4n) is 1.30. The Morgan fingerprint density at radius 2 is 1.79 bits per heavy atom. The Hall–Kier alpha value is 0.130. The van der Waals surface area contributed by atoms with E-state index in [9.17, 15) is 4.39 Å². The third-order valence-electron chi connectivity index (χ3n) is 1.98. The molecule has 0 bridgehead atoms. The van der Waals surface area contributed by atoms with Crippen LogP contribution >= 0.6 is 50.1 Å². The maximum absolute atomic E-state index is 13.6. The second kappa shape index (κ2) is 3.94. The van der Waals surface area contributed by atoms with Crippen molar-refractivity contribution in [3.63, 3.8) is 0 Å². The first kappa shape index (κ1) is 10.6. The fourth-order valence-corrected chi connectivity index (χ4v) is 3.07. The van der Waals surface area contributed by atoms with Crippen molar-refractivity contribution in [3.05, 3.63) is 43.1 Å². The topological polar surface area (TPSA) is 0 Å². The average Bonchev–Trinajstić information content (AvgIpc) is 2.23. The van der Waals surface area contributed by atoms with Gasteiger partial charge in [-0.25, -0.2) is 4.39 Å². The minimum atomic E-state index is -0.297. The van der Waals surface area contributed by atoms with Gasteiger partial charge >= 0.3 is 0 Å². The Bertz CT molecular complexity index is 466. The lowest BCUT2D eigenvalue weighted by Gasteiger charge is -2.06. The zero-order valence-electron chi connectivity index (χ0n) is 6.82. The van der Waals surface area contributed by atoms with Crippen molar-refractivity contribution < 1.29 is 4.39 Å². The van der Waals surface area contributed by atoms with Crippen LogP contribution in [0.2, 0.25) is 5.02 Å². The van der Waals surface area contributed by atoms with Crippen LogP contribution in [0.1, 0.15) is 0 Å². The lowest BCUT2D eigenvalue weighted by Crippen LogP contribution is -1.88. The van der Waals surface area contributed by atoms with Gasteiger partial charge < -0.3 is 0 Å². The van der Waals surface area contributed by atoms with Crippen LogP contribution in [0.3, 0.4) is 0 Å². The summed E-state index contributed by atoms with van der Waals surface area (Å²) >= 11 is 11.1. The van der Waals surface area contributed by atoms with E-state index in [4.69, 9.17) is 11.6 Å². The van der Waals surface area contributed by atoms with Gasteiger partial charge in [0.05, 0.1) is 13.1 Å². The van der Waals surface area contributed by atoms with E-state index in [2.05, 4.69) is 15.9 Å². The van der Waals surface area contributed by atoms with Crippen LogP contribution in [0.25, 0.3) is 10.8 Å². The van der Waals surface area contributed by atoms with Gasteiger partial charge in [-0.15, -0.1) is 0 Å². The first-order valence-corrected chi connectivity index (χ1v) is 6.08. The molecule has 0 heterocycles. The Morgan fingerprint density at radius 1 is 1.21 bits per heavy atom. The van der Waals surface area contributed by atoms with Gasteiger partial charge in [-0.2, -0.15) is 0 Å². The second-order valence-corrected chi connectivity index (χ2v) is 5.05. The predicted octanol–water partition coefficient (Wildman–Crippen LogP) is 5.00. The fraction of sp³-hybridized carbons (Fsp3) is 0. The zero-order valence-corrected chi connectivity index (χ0v) is 11.3. The SMILES string of the molecule is Fc1c(Br)c(Cl)c2ccccc2c1I. The summed E-state index contributed by atoms with van der Waals surface area (Å²) in [5, 5.41) is 2.14. The molecule has 0 aliphatic carbocycles. The van der Waals surface area contributed by atoms with Crippen molar-refractivity contribution in [1.82, 2.24) is 0 Å². The van der Waals surface area contributed by atoms with E-state index in [1.807, 2.05) is 46.9 Å². The monoisotopic (exact) mass is 384 g/mol. The van der Waals surface area contributed by atoms with E-state index < -0.39 is 0 Å². The molecule has 0 aliphatic heterocycles. The molecule has 14 heavy (non-hydrogen) atoms. The zero-order chi connectivity index (χ0) is 10.3. The van der Waals surface area contributed by atoms with E-state index in [0.29, 0.717) is 13.1 Å². The summed E-state index contributed by atoms with van der Waals surface area (Å²) in [4.78, 5) is 0. The highest BCUT2D eigenvalue weighted by atomic mass is 127. The number of fused-ring (bicyclic) bond motifs is 1. The van der Waals surface area contributed by atoms with Crippen LogP contribution < -0.4 is 0 Å². The first-order valence-electron chi connectivity index (χ1n) is 3.83. The van der Waals surface area contributed by atoms with Crippen molar-refractivity contribution in [3.8, 4) is 0 Å². The molecular formula is C10H4BrClFI. The average molecular weight is 385 g/mol. The molecule has 0 unspecified atom stereocenters. The molecule has 0 saturated heterocycles. The third-order valence-corrected chi connectivity index (χ3v) is 4.40. The summed E-state index contributed by atoms with van der Waals surface area (Å²) in [5.74, 6) is -0.297. The molecule has 0 amide bonds. The van der Waals surface area contributed by atoms with E-state index >= 15 is 0 Å². The molecule has 0 spiro atoms. The summed E-state index contributed by atoms with van der Waals surface area (Å²) in [5.41, 5.74) is 0. The molecule has 0 N–H and O–H groups in total. The lowest BCUT2D eigenvalue weighted by atomic mass is 10.1. The van der Waals surface area contributed by atoms with Gasteiger partial charge in [-0.05, 0) is 43.9 Å². The summed E-state index contributed by atoms with van der Waals surface area (Å²) < 4.78 is 14.5. The summed E-state index contributed by atoms with van der Waals surface area (Å²) in [6, 6.07) is 7.49. The summed E-state index contributed by atoms with van der Waals surface area (Å²) in [6.07, 6.45) is 0. The molecule has 0 radical (unpaired) electrons. The van der Waals surface area contributed by atoms with Gasteiger partial charge in [-0.1, -0.05) is 35.9 Å². The molecule has 0 atom stereocenters. The molecule has 0 aliphatic rings. The van der Waals surface area contributed by atoms with Crippen molar-refractivity contribution in [2.24, 2.45) is 0 Å². The molecule has 4 heteroatoms. The molecular weight excluding hydrogens is 381 g/mol. The summed E-state index contributed by atoms with van der Waals surface area (Å²) in [6.45, 7) is 0. The molecule has 2 aromatic carbocycles. The predicted molar refractivity (Wildman–Crippen MR) is 69.3 cm³/mol. The van der Waals surface area contributed by atoms with Gasteiger partial charge in [0.1, 0.15) is 0 Å². The van der Waals surface area contributed by atoms with E-state index in [1.165, 1.54) is 0 Å². The quantitative estimate of drug-likeness (QED) is 0.340. The highest BCUT2D eigenvalue weighted by molar-refractivity contribution is 14.1. The molecule has 0 nitrogen and oxygen atoms in total. The van der Waals surface area contributed by atoms with Crippen LogP contribution in [0.5, 0.6) is 0 Å². The standard InChI is InChI=1S/C10H4BrClFI/c11-7-8(12)5-3-1-2-4-6(5)10(14)9(7)13/h1-4H. The number of halogens is 4. The van der Waals surface area contributed by atoms with Crippen LogP contribution in [0, 0.1) is 9.39 Å². The largest absolute Gasteiger partial charge is 0.205 e. The lowest BCUT2D eigenvalue weighted by molar-refractivity contribution is 0.616. The maximum Gasteiger partial charge on any atom is 0.152 e. The van der Waals surface area contributed by atoms with Crippen LogP contribution in [0.15, 0.2) is 28.7 Å². The van der Waals surface area contributed by atoms with Gasteiger partial charge in [0.15, 0.2) is 5.82 Å². The van der Waals surface area contributed by atoms with Gasteiger partial charge in [0.25, 0.3) is 0 Å². The van der Waals surface area contributed by atoms with Gasteiger partial charge in [0.2, 0.25) is 0 Å². The molecule has 2 rings (SSSR count). The van der Waals surface area contributed by atoms with Crippen LogP contribution in [0.4, 0.5) is 4.39 Å². The minimum absolute atomic E-state index is 0.297. The van der Waals surface area contributed by atoms with E-state index in [1.54, 1.807) is 0 Å². The maximum atomic E-state index is 13.6. The van der Waals surface area contributed by atoms with Crippen molar-refractivity contribution in [2.45, 2.75) is 0 Å². The Labute approximate surface area is 108 Å². The third kappa shape index (κ3) is 1.55. The second-order valence-electron chi connectivity index (χ2n) is 2.80. The molecule has 72 valence electrons. The Kier molecular flexibility index (Phi) is 3.00. The number of benzene rings is 2. The Balaban J connectivity index is 3.02. The van der Waals surface area contributed by atoms with Crippen molar-refractivity contribution in [1.29, 1.82) is 0 Å². The van der Waals surface area contributed by atoms with Gasteiger partial charge in [-0.3, -0.25) is 0 Å². The number of hydrogen-bond donors (Lipinski definition) is 0. The normalized spacial score (nSPS) is 10.9. The smallest absolute Gasteiger partial charge is 0.152 e. The number of rotatable bonds is 0. The highest BCUT2D eigenvalue weighted by Crippen LogP contribution is 2.36. The number of hydrogen-bond acceptors (Lipinski definition) is 0. The van der Waals surface area contributed by atoms with E-state index in [0.717, 1.165) is 10.8 Å². The van der Waals surface area contributed by atoms with Crippen molar-refractivity contribution in [2.75, 3.05) is 0 Å². The minimum Gasteiger partial charge on any atom is -0.205 e. The first-order chi connectivity index (χ1) is 6.63. The van der Waals surface area contributed by atoms with Crippen LogP contribution in [-0.4, -0.2) is 0 Å². The van der Waals surface area contributed by atoms with Gasteiger partial charge in [0, 0.05) is 5.39 Å². The summed E-state index contributed by atoms with van der Waals surface area (Å²) in [7, 11) is 0. The molecule has 0 aromatic heterocycles. The molecule has 2 aromatic rings. The van der Waals surface area contributed by atoms with E-state index in [-0.39, 0.29) is 5.82 Å². The van der Waals surface area contributed by atoms with Crippen molar-refractivity contribution >= 4 is 60.9 Å².